The van der Waals surface area contributed by atoms with E-state index in [1.165, 1.54) is 17.0 Å². The third-order valence-corrected chi connectivity index (χ3v) is 2.60. The normalized spacial score (nSPS) is 10.6. The predicted molar refractivity (Wildman–Crippen MR) is 71.4 cm³/mol. The Morgan fingerprint density at radius 3 is 2.79 bits per heavy atom. The molecule has 0 radical (unpaired) electrons. The van der Waals surface area contributed by atoms with Crippen molar-refractivity contribution in [1.29, 1.82) is 0 Å². The van der Waals surface area contributed by atoms with Gasteiger partial charge in [-0.1, -0.05) is 12.1 Å². The third kappa shape index (κ3) is 2.82. The lowest BCUT2D eigenvalue weighted by Crippen LogP contribution is -2.03. The number of methoxy groups -OCH3 is 2. The van der Waals surface area contributed by atoms with Crippen LogP contribution in [0.1, 0.15) is 10.4 Å². The first kappa shape index (κ1) is 12.9. The predicted octanol–water partition coefficient (Wildman–Crippen LogP) is 2.25. The Morgan fingerprint density at radius 1 is 1.32 bits per heavy atom. The fourth-order valence-electron chi connectivity index (χ4n) is 1.68. The van der Waals surface area contributed by atoms with Crippen LogP contribution in [-0.2, 0) is 0 Å². The second kappa shape index (κ2) is 5.86. The summed E-state index contributed by atoms with van der Waals surface area (Å²) in [4.78, 5) is 15.6. The van der Waals surface area contributed by atoms with Crippen LogP contribution in [0.3, 0.4) is 0 Å². The van der Waals surface area contributed by atoms with Crippen molar-refractivity contribution < 1.29 is 14.3 Å². The number of imidazole rings is 1. The molecule has 0 bridgehead atoms. The molecule has 2 rings (SSSR count). The molecule has 0 fully saturated rings. The maximum absolute atomic E-state index is 11.8. The molecule has 1 heterocycles. The minimum atomic E-state index is -0.178. The Labute approximate surface area is 111 Å². The highest BCUT2D eigenvalue weighted by Crippen LogP contribution is 2.31. The summed E-state index contributed by atoms with van der Waals surface area (Å²) in [5.41, 5.74) is 0.773. The number of carbonyl (C=O) groups is 1. The van der Waals surface area contributed by atoms with Gasteiger partial charge in [-0.15, -0.1) is 0 Å². The van der Waals surface area contributed by atoms with Gasteiger partial charge in [0.05, 0.1) is 14.2 Å². The second-order valence-electron chi connectivity index (χ2n) is 3.72. The summed E-state index contributed by atoms with van der Waals surface area (Å²) < 4.78 is 11.9. The summed E-state index contributed by atoms with van der Waals surface area (Å²) in [6, 6.07) is 5.48. The van der Waals surface area contributed by atoms with Crippen molar-refractivity contribution in [3.05, 3.63) is 48.6 Å². The van der Waals surface area contributed by atoms with Crippen LogP contribution in [-0.4, -0.2) is 29.7 Å². The van der Waals surface area contributed by atoms with Crippen LogP contribution in [0.25, 0.3) is 6.08 Å². The van der Waals surface area contributed by atoms with Crippen molar-refractivity contribution in [2.75, 3.05) is 14.2 Å². The topological polar surface area (TPSA) is 53.4 Å². The van der Waals surface area contributed by atoms with Crippen molar-refractivity contribution >= 4 is 12.0 Å². The first-order valence-corrected chi connectivity index (χ1v) is 5.67. The molecule has 2 aromatic rings. The van der Waals surface area contributed by atoms with Crippen molar-refractivity contribution in [2.24, 2.45) is 0 Å². The number of hydrogen-bond acceptors (Lipinski definition) is 4. The third-order valence-electron chi connectivity index (χ3n) is 2.60. The Morgan fingerprint density at radius 2 is 2.16 bits per heavy atom. The molecule has 0 aliphatic rings. The lowest BCUT2D eigenvalue weighted by Gasteiger charge is -2.09. The highest BCUT2D eigenvalue weighted by molar-refractivity contribution is 5.94. The molecule has 5 heteroatoms. The Bertz CT molecular complexity index is 589. The van der Waals surface area contributed by atoms with Crippen molar-refractivity contribution in [2.45, 2.75) is 0 Å². The molecule has 0 saturated carbocycles. The van der Waals surface area contributed by atoms with E-state index < -0.39 is 0 Å². The van der Waals surface area contributed by atoms with Crippen molar-refractivity contribution in [3.8, 4) is 11.5 Å². The van der Waals surface area contributed by atoms with E-state index in [9.17, 15) is 4.79 Å². The molecule has 5 nitrogen and oxygen atoms in total. The molecule has 0 amide bonds. The lowest BCUT2D eigenvalue weighted by atomic mass is 10.1. The van der Waals surface area contributed by atoms with E-state index in [-0.39, 0.29) is 5.91 Å². The van der Waals surface area contributed by atoms with Crippen LogP contribution >= 0.6 is 0 Å². The molecule has 0 atom stereocenters. The maximum atomic E-state index is 11.8. The molecule has 0 N–H and O–H groups in total. The van der Waals surface area contributed by atoms with Crippen LogP contribution in [0.2, 0.25) is 0 Å². The fourth-order valence-corrected chi connectivity index (χ4v) is 1.68. The first-order valence-electron chi connectivity index (χ1n) is 5.67. The van der Waals surface area contributed by atoms with Crippen LogP contribution < -0.4 is 9.47 Å². The van der Waals surface area contributed by atoms with Gasteiger partial charge in [-0.3, -0.25) is 9.36 Å². The standard InChI is InChI=1S/C14H14N2O3/c1-18-12-5-3-4-11(14(12)19-2)6-7-13(17)16-9-8-15-10-16/h3-10H,1-2H3/b7-6+. The van der Waals surface area contributed by atoms with Crippen LogP contribution in [0, 0.1) is 0 Å². The summed E-state index contributed by atoms with van der Waals surface area (Å²) in [6.07, 6.45) is 7.74. The molecule has 1 aromatic heterocycles. The molecule has 0 aliphatic carbocycles. The van der Waals surface area contributed by atoms with E-state index in [0.29, 0.717) is 11.5 Å². The summed E-state index contributed by atoms with van der Waals surface area (Å²) in [5.74, 6) is 1.04. The van der Waals surface area contributed by atoms with Crippen molar-refractivity contribution in [3.63, 3.8) is 0 Å². The molecular weight excluding hydrogens is 244 g/mol. The quantitative estimate of drug-likeness (QED) is 0.789. The number of aromatic nitrogens is 2. The lowest BCUT2D eigenvalue weighted by molar-refractivity contribution is 0.0969. The highest BCUT2D eigenvalue weighted by Gasteiger charge is 2.07. The molecule has 1 aromatic carbocycles. The number of rotatable bonds is 4. The summed E-state index contributed by atoms with van der Waals surface area (Å²) in [7, 11) is 3.13. The van der Waals surface area contributed by atoms with Gasteiger partial charge in [0.1, 0.15) is 6.33 Å². The average molecular weight is 258 g/mol. The minimum absolute atomic E-state index is 0.178. The summed E-state index contributed by atoms with van der Waals surface area (Å²) in [5, 5.41) is 0. The van der Waals surface area contributed by atoms with Gasteiger partial charge in [0.15, 0.2) is 11.5 Å². The van der Waals surface area contributed by atoms with Gasteiger partial charge in [-0.2, -0.15) is 0 Å². The molecule has 98 valence electrons. The Hall–Kier alpha value is -2.56. The number of benzene rings is 1. The van der Waals surface area contributed by atoms with E-state index >= 15 is 0 Å². The molecule has 0 aliphatic heterocycles. The largest absolute Gasteiger partial charge is 0.493 e. The van der Waals surface area contributed by atoms with Gasteiger partial charge in [-0.25, -0.2) is 4.98 Å². The minimum Gasteiger partial charge on any atom is -0.493 e. The number of hydrogen-bond donors (Lipinski definition) is 0. The second-order valence-corrected chi connectivity index (χ2v) is 3.72. The monoisotopic (exact) mass is 258 g/mol. The summed E-state index contributed by atoms with van der Waals surface area (Å²) >= 11 is 0. The molecular formula is C14H14N2O3. The molecule has 0 unspecified atom stereocenters. The van der Waals surface area contributed by atoms with Gasteiger partial charge < -0.3 is 9.47 Å². The SMILES string of the molecule is COc1cccc(/C=C/C(=O)n2ccnc2)c1OC. The van der Waals surface area contributed by atoms with E-state index in [2.05, 4.69) is 4.98 Å². The number of ether oxygens (including phenoxy) is 2. The first-order chi connectivity index (χ1) is 9.26. The Balaban J connectivity index is 2.26. The van der Waals surface area contributed by atoms with Crippen LogP contribution in [0.15, 0.2) is 43.0 Å². The van der Waals surface area contributed by atoms with E-state index in [1.54, 1.807) is 38.8 Å². The molecule has 0 spiro atoms. The number of para-hydroxylation sites is 1. The zero-order valence-electron chi connectivity index (χ0n) is 10.7. The van der Waals surface area contributed by atoms with E-state index in [4.69, 9.17) is 9.47 Å². The molecule has 19 heavy (non-hydrogen) atoms. The van der Waals surface area contributed by atoms with E-state index in [1.807, 2.05) is 12.1 Å². The zero-order chi connectivity index (χ0) is 13.7. The van der Waals surface area contributed by atoms with Crippen LogP contribution in [0.5, 0.6) is 11.5 Å². The Kier molecular flexibility index (Phi) is 3.97. The van der Waals surface area contributed by atoms with Gasteiger partial charge in [0.25, 0.3) is 5.91 Å². The van der Waals surface area contributed by atoms with Crippen molar-refractivity contribution in [1.82, 2.24) is 9.55 Å². The van der Waals surface area contributed by atoms with E-state index in [0.717, 1.165) is 5.56 Å². The van der Waals surface area contributed by atoms with Gasteiger partial charge in [0.2, 0.25) is 0 Å². The summed E-state index contributed by atoms with van der Waals surface area (Å²) in [6.45, 7) is 0. The van der Waals surface area contributed by atoms with Gasteiger partial charge in [-0.05, 0) is 12.1 Å². The van der Waals surface area contributed by atoms with Gasteiger partial charge in [0, 0.05) is 24.0 Å². The number of nitrogens with zero attached hydrogens (tertiary/aromatic N) is 2. The van der Waals surface area contributed by atoms with Gasteiger partial charge >= 0.3 is 0 Å². The maximum Gasteiger partial charge on any atom is 0.255 e. The van der Waals surface area contributed by atoms with Crippen LogP contribution in [0.4, 0.5) is 0 Å². The fraction of sp³-hybridized carbons (Fsp3) is 0.143. The smallest absolute Gasteiger partial charge is 0.255 e. The molecule has 0 saturated heterocycles. The average Bonchev–Trinajstić information content (AvgIpc) is 2.98. The highest BCUT2D eigenvalue weighted by atomic mass is 16.5. The number of allylic oxidation sites excluding steroid dienone is 1. The zero-order valence-corrected chi connectivity index (χ0v) is 10.7. The number of carbonyl (C=O) groups excluding carboxylic acids is 1.